The van der Waals surface area contributed by atoms with Gasteiger partial charge in [0.1, 0.15) is 6.61 Å². The predicted molar refractivity (Wildman–Crippen MR) is 77.4 cm³/mol. The van der Waals surface area contributed by atoms with Gasteiger partial charge in [-0.15, -0.1) is 0 Å². The fourth-order valence-electron chi connectivity index (χ4n) is 2.19. The van der Waals surface area contributed by atoms with Gasteiger partial charge in [0.05, 0.1) is 18.6 Å². The van der Waals surface area contributed by atoms with Gasteiger partial charge < -0.3 is 14.8 Å². The number of amides is 1. The fraction of sp³-hybridized carbons (Fsp3) is 0.375. The maximum atomic E-state index is 11.8. The maximum Gasteiger partial charge on any atom is 0.407 e. The van der Waals surface area contributed by atoms with Crippen LogP contribution in [0, 0.1) is 5.92 Å². The van der Waals surface area contributed by atoms with Crippen LogP contribution in [0.15, 0.2) is 42.5 Å². The number of alkyl carbamates (subject to hydrolysis) is 1. The van der Waals surface area contributed by atoms with Crippen LogP contribution >= 0.6 is 0 Å². The summed E-state index contributed by atoms with van der Waals surface area (Å²) in [6.07, 6.45) is 3.70. The number of benzene rings is 1. The van der Waals surface area contributed by atoms with Crippen LogP contribution in [0.2, 0.25) is 0 Å². The van der Waals surface area contributed by atoms with Crippen LogP contribution in [0.4, 0.5) is 4.79 Å². The second-order valence-corrected chi connectivity index (χ2v) is 4.75. The molecule has 1 aromatic rings. The summed E-state index contributed by atoms with van der Waals surface area (Å²) in [5, 5.41) is 2.69. The van der Waals surface area contributed by atoms with E-state index >= 15 is 0 Å². The van der Waals surface area contributed by atoms with Crippen molar-refractivity contribution in [1.29, 1.82) is 0 Å². The molecule has 0 radical (unpaired) electrons. The molecule has 5 heteroatoms. The summed E-state index contributed by atoms with van der Waals surface area (Å²) < 4.78 is 10.1. The summed E-state index contributed by atoms with van der Waals surface area (Å²) in [6.45, 7) is 2.30. The first-order chi connectivity index (χ1) is 10.2. The minimum Gasteiger partial charge on any atom is -0.466 e. The molecule has 1 aliphatic carbocycles. The second-order valence-electron chi connectivity index (χ2n) is 4.75. The average Bonchev–Trinajstić information content (AvgIpc) is 2.95. The van der Waals surface area contributed by atoms with Crippen LogP contribution in [-0.2, 0) is 20.9 Å². The number of nitrogens with one attached hydrogen (secondary N) is 1. The van der Waals surface area contributed by atoms with Gasteiger partial charge in [0.25, 0.3) is 0 Å². The lowest BCUT2D eigenvalue weighted by Crippen LogP contribution is -2.40. The number of allylic oxidation sites excluding steroid dienone is 1. The van der Waals surface area contributed by atoms with E-state index < -0.39 is 6.09 Å². The molecule has 1 aliphatic rings. The first kappa shape index (κ1) is 15.1. The van der Waals surface area contributed by atoms with Gasteiger partial charge >= 0.3 is 12.1 Å². The molecule has 21 heavy (non-hydrogen) atoms. The Kier molecular flexibility index (Phi) is 5.37. The first-order valence-electron chi connectivity index (χ1n) is 7.01. The minimum atomic E-state index is -0.537. The zero-order valence-corrected chi connectivity index (χ0v) is 12.0. The lowest BCUT2D eigenvalue weighted by Gasteiger charge is -2.18. The summed E-state index contributed by atoms with van der Waals surface area (Å²) in [6, 6.07) is 9.05. The third-order valence-corrected chi connectivity index (χ3v) is 3.25. The van der Waals surface area contributed by atoms with E-state index in [9.17, 15) is 9.59 Å². The highest BCUT2D eigenvalue weighted by molar-refractivity contribution is 5.76. The summed E-state index contributed by atoms with van der Waals surface area (Å²) in [4.78, 5) is 23.5. The number of carbonyl (C=O) groups is 2. The average molecular weight is 289 g/mol. The molecule has 0 spiro atoms. The molecule has 0 saturated heterocycles. The van der Waals surface area contributed by atoms with E-state index in [2.05, 4.69) is 5.32 Å². The Morgan fingerprint density at radius 3 is 2.71 bits per heavy atom. The van der Waals surface area contributed by atoms with Crippen molar-refractivity contribution in [3.05, 3.63) is 48.0 Å². The molecular weight excluding hydrogens is 270 g/mol. The molecule has 1 aromatic carbocycles. The number of esters is 1. The lowest BCUT2D eigenvalue weighted by molar-refractivity contribution is -0.148. The summed E-state index contributed by atoms with van der Waals surface area (Å²) in [5.41, 5.74) is 0.913. The van der Waals surface area contributed by atoms with Crippen LogP contribution in [-0.4, -0.2) is 24.7 Å². The van der Waals surface area contributed by atoms with Gasteiger partial charge in [0.2, 0.25) is 0 Å². The largest absolute Gasteiger partial charge is 0.466 e. The quantitative estimate of drug-likeness (QED) is 0.668. The topological polar surface area (TPSA) is 64.6 Å². The SMILES string of the molecule is CCOC(=O)[C@@H]1CC=C[C@@H]1NC(=O)OCc1ccccc1. The van der Waals surface area contributed by atoms with E-state index in [1.165, 1.54) is 0 Å². The molecule has 0 fully saturated rings. The van der Waals surface area contributed by atoms with Crippen LogP contribution in [0.3, 0.4) is 0 Å². The zero-order valence-electron chi connectivity index (χ0n) is 12.0. The third kappa shape index (κ3) is 4.34. The molecule has 2 atom stereocenters. The van der Waals surface area contributed by atoms with E-state index in [4.69, 9.17) is 9.47 Å². The van der Waals surface area contributed by atoms with Gasteiger partial charge in [-0.3, -0.25) is 4.79 Å². The van der Waals surface area contributed by atoms with Crippen LogP contribution < -0.4 is 5.32 Å². The molecule has 0 aromatic heterocycles. The zero-order chi connectivity index (χ0) is 15.1. The van der Waals surface area contributed by atoms with Crippen molar-refractivity contribution < 1.29 is 19.1 Å². The number of rotatable bonds is 5. The fourth-order valence-corrected chi connectivity index (χ4v) is 2.19. The Labute approximate surface area is 123 Å². The Balaban J connectivity index is 1.81. The number of carbonyl (C=O) groups excluding carboxylic acids is 2. The van der Waals surface area contributed by atoms with Crippen molar-refractivity contribution in [2.24, 2.45) is 5.92 Å². The Bertz CT molecular complexity index is 512. The molecule has 0 bridgehead atoms. The van der Waals surface area contributed by atoms with Crippen LogP contribution in [0.1, 0.15) is 18.9 Å². The molecule has 1 N–H and O–H groups in total. The van der Waals surface area contributed by atoms with Crippen molar-refractivity contribution >= 4 is 12.1 Å². The highest BCUT2D eigenvalue weighted by atomic mass is 16.5. The molecule has 0 unspecified atom stereocenters. The summed E-state index contributed by atoms with van der Waals surface area (Å²) in [5.74, 6) is -0.662. The summed E-state index contributed by atoms with van der Waals surface area (Å²) >= 11 is 0. The van der Waals surface area contributed by atoms with Crippen molar-refractivity contribution in [2.75, 3.05) is 6.61 Å². The maximum absolute atomic E-state index is 11.8. The molecule has 2 rings (SSSR count). The molecule has 0 saturated carbocycles. The molecule has 112 valence electrons. The standard InChI is InChI=1S/C16H19NO4/c1-2-20-15(18)13-9-6-10-14(13)17-16(19)21-11-12-7-4-3-5-8-12/h3-8,10,13-14H,2,9,11H2,1H3,(H,17,19)/t13-,14+/m1/s1. The van der Waals surface area contributed by atoms with E-state index in [1.807, 2.05) is 36.4 Å². The monoisotopic (exact) mass is 289 g/mol. The highest BCUT2D eigenvalue weighted by Gasteiger charge is 2.31. The van der Waals surface area contributed by atoms with Gasteiger partial charge in [-0.2, -0.15) is 0 Å². The molecule has 0 heterocycles. The van der Waals surface area contributed by atoms with E-state index in [0.717, 1.165) is 5.56 Å². The summed E-state index contributed by atoms with van der Waals surface area (Å²) in [7, 11) is 0. The highest BCUT2D eigenvalue weighted by Crippen LogP contribution is 2.20. The molecule has 1 amide bonds. The normalized spacial score (nSPS) is 20.0. The third-order valence-electron chi connectivity index (χ3n) is 3.25. The Morgan fingerprint density at radius 2 is 2.00 bits per heavy atom. The van der Waals surface area contributed by atoms with Crippen molar-refractivity contribution in [1.82, 2.24) is 5.32 Å². The van der Waals surface area contributed by atoms with E-state index in [1.54, 1.807) is 13.0 Å². The Morgan fingerprint density at radius 1 is 1.24 bits per heavy atom. The van der Waals surface area contributed by atoms with Gasteiger partial charge in [0.15, 0.2) is 0 Å². The van der Waals surface area contributed by atoms with Gasteiger partial charge in [0, 0.05) is 0 Å². The number of hydrogen-bond donors (Lipinski definition) is 1. The van der Waals surface area contributed by atoms with E-state index in [0.29, 0.717) is 13.0 Å². The smallest absolute Gasteiger partial charge is 0.407 e. The van der Waals surface area contributed by atoms with E-state index in [-0.39, 0.29) is 24.5 Å². The minimum absolute atomic E-state index is 0.202. The second kappa shape index (κ2) is 7.47. The van der Waals surface area contributed by atoms with Crippen molar-refractivity contribution in [3.63, 3.8) is 0 Å². The predicted octanol–water partition coefficient (Wildman–Crippen LogP) is 2.42. The van der Waals surface area contributed by atoms with Gasteiger partial charge in [-0.25, -0.2) is 4.79 Å². The molecule has 5 nitrogen and oxygen atoms in total. The van der Waals surface area contributed by atoms with Crippen molar-refractivity contribution in [3.8, 4) is 0 Å². The van der Waals surface area contributed by atoms with Gasteiger partial charge in [-0.05, 0) is 18.9 Å². The van der Waals surface area contributed by atoms with Crippen LogP contribution in [0.5, 0.6) is 0 Å². The van der Waals surface area contributed by atoms with Crippen molar-refractivity contribution in [2.45, 2.75) is 26.0 Å². The number of ether oxygens (including phenoxy) is 2. The van der Waals surface area contributed by atoms with Crippen LogP contribution in [0.25, 0.3) is 0 Å². The lowest BCUT2D eigenvalue weighted by atomic mass is 10.0. The molecule has 0 aliphatic heterocycles. The Hall–Kier alpha value is -2.30. The van der Waals surface area contributed by atoms with Gasteiger partial charge in [-0.1, -0.05) is 42.5 Å². The number of hydrogen-bond acceptors (Lipinski definition) is 4. The first-order valence-corrected chi connectivity index (χ1v) is 7.01. The molecular formula is C16H19NO4.